The average Bonchev–Trinajstić information content (AvgIpc) is 2.15. The summed E-state index contributed by atoms with van der Waals surface area (Å²) in [5.74, 6) is 0.843. The fourth-order valence-corrected chi connectivity index (χ4v) is 1.25. The van der Waals surface area contributed by atoms with Crippen molar-refractivity contribution in [3.63, 3.8) is 0 Å². The van der Waals surface area contributed by atoms with Crippen molar-refractivity contribution in [2.75, 3.05) is 25.6 Å². The largest absolute Gasteiger partial charge is 0.494 e. The molecular formula is C10H15NO2. The van der Waals surface area contributed by atoms with Gasteiger partial charge in [0.1, 0.15) is 5.75 Å². The molecule has 0 aliphatic rings. The summed E-state index contributed by atoms with van der Waals surface area (Å²) in [5, 5.41) is 11.7. The van der Waals surface area contributed by atoms with Gasteiger partial charge < -0.3 is 15.2 Å². The lowest BCUT2D eigenvalue weighted by atomic mass is 10.2. The highest BCUT2D eigenvalue weighted by atomic mass is 16.5. The molecule has 1 aromatic carbocycles. The monoisotopic (exact) mass is 181 g/mol. The quantitative estimate of drug-likeness (QED) is 0.738. The molecule has 0 saturated carbocycles. The third kappa shape index (κ3) is 2.36. The molecule has 3 nitrogen and oxygen atoms in total. The molecule has 0 saturated heterocycles. The van der Waals surface area contributed by atoms with Crippen LogP contribution in [0.4, 0.5) is 5.69 Å². The van der Waals surface area contributed by atoms with E-state index in [9.17, 15) is 0 Å². The lowest BCUT2D eigenvalue weighted by Gasteiger charge is -2.11. The summed E-state index contributed by atoms with van der Waals surface area (Å²) in [4.78, 5) is 0. The van der Waals surface area contributed by atoms with E-state index in [1.165, 1.54) is 0 Å². The minimum atomic E-state index is 0.122. The molecule has 0 spiro atoms. The number of hydrogen-bond donors (Lipinski definition) is 2. The number of nitrogens with one attached hydrogen (secondary N) is 1. The predicted octanol–water partition coefficient (Wildman–Crippen LogP) is 1.41. The van der Waals surface area contributed by atoms with Crippen LogP contribution in [0, 0.1) is 6.92 Å². The van der Waals surface area contributed by atoms with Gasteiger partial charge in [0.05, 0.1) is 19.4 Å². The zero-order valence-electron chi connectivity index (χ0n) is 8.00. The summed E-state index contributed by atoms with van der Waals surface area (Å²) in [6.07, 6.45) is 0. The van der Waals surface area contributed by atoms with Crippen LogP contribution in [0.3, 0.4) is 0 Å². The molecule has 0 fully saturated rings. The fraction of sp³-hybridized carbons (Fsp3) is 0.400. The molecule has 0 aliphatic carbocycles. The van der Waals surface area contributed by atoms with E-state index in [0.29, 0.717) is 6.54 Å². The van der Waals surface area contributed by atoms with Crippen LogP contribution in [-0.2, 0) is 0 Å². The molecule has 0 radical (unpaired) electrons. The van der Waals surface area contributed by atoms with Crippen LogP contribution in [0.5, 0.6) is 5.75 Å². The van der Waals surface area contributed by atoms with E-state index < -0.39 is 0 Å². The first-order valence-electron chi connectivity index (χ1n) is 4.28. The van der Waals surface area contributed by atoms with Crippen molar-refractivity contribution >= 4 is 5.69 Å². The zero-order chi connectivity index (χ0) is 9.68. The summed E-state index contributed by atoms with van der Waals surface area (Å²) in [6, 6.07) is 5.88. The van der Waals surface area contributed by atoms with Crippen LogP contribution in [0.1, 0.15) is 5.56 Å². The predicted molar refractivity (Wildman–Crippen MR) is 53.3 cm³/mol. The van der Waals surface area contributed by atoms with Gasteiger partial charge in [-0.3, -0.25) is 0 Å². The Bertz CT molecular complexity index is 274. The second-order valence-corrected chi connectivity index (χ2v) is 2.81. The smallest absolute Gasteiger partial charge is 0.144 e. The Kier molecular flexibility index (Phi) is 3.58. The van der Waals surface area contributed by atoms with Crippen molar-refractivity contribution in [1.29, 1.82) is 0 Å². The highest BCUT2D eigenvalue weighted by molar-refractivity contribution is 5.59. The second-order valence-electron chi connectivity index (χ2n) is 2.81. The van der Waals surface area contributed by atoms with Crippen molar-refractivity contribution in [3.05, 3.63) is 23.8 Å². The first-order valence-corrected chi connectivity index (χ1v) is 4.28. The average molecular weight is 181 g/mol. The summed E-state index contributed by atoms with van der Waals surface area (Å²) >= 11 is 0. The molecule has 0 amide bonds. The van der Waals surface area contributed by atoms with Crippen LogP contribution < -0.4 is 10.1 Å². The standard InChI is InChI=1S/C10H15NO2/c1-8-4-3-5-9(10(8)13-2)11-6-7-12/h3-5,11-12H,6-7H2,1-2H3. The van der Waals surface area contributed by atoms with Gasteiger partial charge in [0, 0.05) is 6.54 Å². The topological polar surface area (TPSA) is 41.5 Å². The van der Waals surface area contributed by atoms with Crippen molar-refractivity contribution in [2.45, 2.75) is 6.92 Å². The van der Waals surface area contributed by atoms with Crippen molar-refractivity contribution in [3.8, 4) is 5.75 Å². The van der Waals surface area contributed by atoms with E-state index in [2.05, 4.69) is 5.32 Å². The number of ether oxygens (including phenoxy) is 1. The number of aliphatic hydroxyl groups excluding tert-OH is 1. The Balaban J connectivity index is 2.85. The van der Waals surface area contributed by atoms with Crippen molar-refractivity contribution in [1.82, 2.24) is 0 Å². The van der Waals surface area contributed by atoms with Gasteiger partial charge in [-0.25, -0.2) is 0 Å². The van der Waals surface area contributed by atoms with E-state index in [1.54, 1.807) is 7.11 Å². The maximum absolute atomic E-state index is 8.66. The molecule has 0 heterocycles. The SMILES string of the molecule is COc1c(C)cccc1NCCO. The van der Waals surface area contributed by atoms with Crippen LogP contribution in [0.25, 0.3) is 0 Å². The third-order valence-electron chi connectivity index (χ3n) is 1.84. The third-order valence-corrected chi connectivity index (χ3v) is 1.84. The van der Waals surface area contributed by atoms with Gasteiger partial charge in [0.15, 0.2) is 0 Å². The number of methoxy groups -OCH3 is 1. The molecule has 0 bridgehead atoms. The maximum atomic E-state index is 8.66. The lowest BCUT2D eigenvalue weighted by molar-refractivity contribution is 0.311. The summed E-state index contributed by atoms with van der Waals surface area (Å²) in [7, 11) is 1.65. The maximum Gasteiger partial charge on any atom is 0.144 e. The molecule has 3 heteroatoms. The van der Waals surface area contributed by atoms with Gasteiger partial charge in [0.2, 0.25) is 0 Å². The van der Waals surface area contributed by atoms with E-state index in [-0.39, 0.29) is 6.61 Å². The number of rotatable bonds is 4. The van der Waals surface area contributed by atoms with Crippen molar-refractivity contribution in [2.24, 2.45) is 0 Å². The highest BCUT2D eigenvalue weighted by Gasteiger charge is 2.03. The number of hydrogen-bond acceptors (Lipinski definition) is 3. The molecule has 13 heavy (non-hydrogen) atoms. The normalized spacial score (nSPS) is 9.77. The minimum absolute atomic E-state index is 0.122. The number of benzene rings is 1. The fourth-order valence-electron chi connectivity index (χ4n) is 1.25. The minimum Gasteiger partial charge on any atom is -0.494 e. The van der Waals surface area contributed by atoms with Crippen LogP contribution >= 0.6 is 0 Å². The van der Waals surface area contributed by atoms with E-state index in [0.717, 1.165) is 17.0 Å². The van der Waals surface area contributed by atoms with Gasteiger partial charge in [-0.2, -0.15) is 0 Å². The molecule has 0 aromatic heterocycles. The van der Waals surface area contributed by atoms with E-state index in [4.69, 9.17) is 9.84 Å². The van der Waals surface area contributed by atoms with Crippen LogP contribution in [0.15, 0.2) is 18.2 Å². The first-order chi connectivity index (χ1) is 6.29. The lowest BCUT2D eigenvalue weighted by Crippen LogP contribution is -2.06. The van der Waals surface area contributed by atoms with Crippen LogP contribution in [0.2, 0.25) is 0 Å². The summed E-state index contributed by atoms with van der Waals surface area (Å²) in [5.41, 5.74) is 2.02. The van der Waals surface area contributed by atoms with E-state index >= 15 is 0 Å². The first kappa shape index (κ1) is 9.86. The molecule has 0 atom stereocenters. The molecule has 2 N–H and O–H groups in total. The zero-order valence-corrected chi connectivity index (χ0v) is 8.00. The Hall–Kier alpha value is -1.22. The van der Waals surface area contributed by atoms with Gasteiger partial charge >= 0.3 is 0 Å². The Morgan fingerprint density at radius 3 is 2.85 bits per heavy atom. The van der Waals surface area contributed by atoms with E-state index in [1.807, 2.05) is 25.1 Å². The molecule has 72 valence electrons. The summed E-state index contributed by atoms with van der Waals surface area (Å²) < 4.78 is 5.23. The summed E-state index contributed by atoms with van der Waals surface area (Å²) in [6.45, 7) is 2.65. The van der Waals surface area contributed by atoms with Gasteiger partial charge in [0.25, 0.3) is 0 Å². The molecule has 0 unspecified atom stereocenters. The van der Waals surface area contributed by atoms with Gasteiger partial charge in [-0.1, -0.05) is 12.1 Å². The number of aliphatic hydroxyl groups is 1. The Labute approximate surface area is 78.3 Å². The molecule has 1 aromatic rings. The van der Waals surface area contributed by atoms with Crippen LogP contribution in [-0.4, -0.2) is 25.4 Å². The number of anilines is 1. The second kappa shape index (κ2) is 4.72. The van der Waals surface area contributed by atoms with Gasteiger partial charge in [-0.15, -0.1) is 0 Å². The number of aryl methyl sites for hydroxylation is 1. The van der Waals surface area contributed by atoms with Gasteiger partial charge in [-0.05, 0) is 18.6 Å². The highest BCUT2D eigenvalue weighted by Crippen LogP contribution is 2.27. The number of para-hydroxylation sites is 1. The molecular weight excluding hydrogens is 166 g/mol. The Morgan fingerprint density at radius 2 is 2.23 bits per heavy atom. The Morgan fingerprint density at radius 1 is 1.46 bits per heavy atom. The molecule has 1 rings (SSSR count). The van der Waals surface area contributed by atoms with Crippen molar-refractivity contribution < 1.29 is 9.84 Å². The molecule has 0 aliphatic heterocycles.